The lowest BCUT2D eigenvalue weighted by molar-refractivity contribution is -0.143. The quantitative estimate of drug-likeness (QED) is 0.240. The molecule has 0 unspecified atom stereocenters. The van der Waals surface area contributed by atoms with E-state index in [-0.39, 0.29) is 24.8 Å². The number of aromatic nitrogens is 2. The zero-order valence-electron chi connectivity index (χ0n) is 22.0. The number of hydrogen-bond donors (Lipinski definition) is 2. The first kappa shape index (κ1) is 27.3. The van der Waals surface area contributed by atoms with Crippen molar-refractivity contribution in [1.82, 2.24) is 14.5 Å². The van der Waals surface area contributed by atoms with E-state index < -0.39 is 0 Å². The molecule has 0 bridgehead atoms. The van der Waals surface area contributed by atoms with Crippen LogP contribution < -0.4 is 5.32 Å². The van der Waals surface area contributed by atoms with E-state index in [4.69, 9.17) is 15.1 Å². The van der Waals surface area contributed by atoms with Gasteiger partial charge in [-0.25, -0.2) is 4.98 Å². The van der Waals surface area contributed by atoms with Crippen molar-refractivity contribution in [2.45, 2.75) is 33.7 Å². The fourth-order valence-electron chi connectivity index (χ4n) is 3.91. The van der Waals surface area contributed by atoms with Crippen molar-refractivity contribution in [2.75, 3.05) is 25.5 Å². The summed E-state index contributed by atoms with van der Waals surface area (Å²) in [7, 11) is 3.55. The zero-order valence-corrected chi connectivity index (χ0v) is 22.0. The van der Waals surface area contributed by atoms with E-state index in [0.717, 1.165) is 22.6 Å². The van der Waals surface area contributed by atoms with Gasteiger partial charge in [-0.3, -0.25) is 19.5 Å². The fourth-order valence-corrected chi connectivity index (χ4v) is 3.91. The Bertz CT molecular complexity index is 1340. The summed E-state index contributed by atoms with van der Waals surface area (Å²) < 4.78 is 7.02. The summed E-state index contributed by atoms with van der Waals surface area (Å²) in [5.74, 6) is 0.649. The highest BCUT2D eigenvalue weighted by Crippen LogP contribution is 2.20. The number of aliphatic imine (C=N–C) groups is 1. The molecule has 0 radical (unpaired) electrons. The minimum absolute atomic E-state index is 0.0676. The van der Waals surface area contributed by atoms with Gasteiger partial charge in [0.15, 0.2) is 0 Å². The monoisotopic (exact) mass is 502 g/mol. The molecule has 9 nitrogen and oxygen atoms in total. The minimum Gasteiger partial charge on any atom is -0.466 e. The molecule has 0 saturated carbocycles. The molecule has 0 saturated heterocycles. The van der Waals surface area contributed by atoms with Crippen molar-refractivity contribution in [2.24, 2.45) is 12.0 Å². The Morgan fingerprint density at radius 3 is 2.51 bits per heavy atom. The van der Waals surface area contributed by atoms with E-state index in [0.29, 0.717) is 35.8 Å². The van der Waals surface area contributed by atoms with Crippen molar-refractivity contribution < 1.29 is 14.3 Å². The van der Waals surface area contributed by atoms with Crippen molar-refractivity contribution in [3.05, 3.63) is 71.6 Å². The number of hydrogen-bond acceptors (Lipinski definition) is 7. The molecule has 0 spiro atoms. The summed E-state index contributed by atoms with van der Waals surface area (Å²) in [6.07, 6.45) is 3.61. The molecular weight excluding hydrogens is 468 g/mol. The van der Waals surface area contributed by atoms with Gasteiger partial charge in [-0.05, 0) is 62.7 Å². The Morgan fingerprint density at radius 1 is 1.19 bits per heavy atom. The molecule has 194 valence electrons. The topological polar surface area (TPSA) is 113 Å². The maximum absolute atomic E-state index is 13.5. The summed E-state index contributed by atoms with van der Waals surface area (Å²) in [4.78, 5) is 35.9. The van der Waals surface area contributed by atoms with E-state index in [1.54, 1.807) is 45.2 Å². The molecule has 37 heavy (non-hydrogen) atoms. The number of carbonyl (C=O) groups excluding carboxylic acids is 2. The third-order valence-corrected chi connectivity index (χ3v) is 5.90. The van der Waals surface area contributed by atoms with Gasteiger partial charge in [-0.2, -0.15) is 0 Å². The predicted molar refractivity (Wildman–Crippen MR) is 147 cm³/mol. The Labute approximate surface area is 217 Å². The van der Waals surface area contributed by atoms with Gasteiger partial charge >= 0.3 is 5.97 Å². The van der Waals surface area contributed by atoms with Crippen LogP contribution in [0.25, 0.3) is 11.0 Å². The largest absolute Gasteiger partial charge is 0.466 e. The number of imidazole rings is 1. The number of nitrogens with one attached hydrogen (secondary N) is 2. The Hall–Kier alpha value is -4.27. The van der Waals surface area contributed by atoms with E-state index in [2.05, 4.69) is 10.3 Å². The average Bonchev–Trinajstić information content (AvgIpc) is 3.21. The van der Waals surface area contributed by atoms with E-state index >= 15 is 0 Å². The lowest BCUT2D eigenvalue weighted by Crippen LogP contribution is -2.37. The number of amidine groups is 1. The lowest BCUT2D eigenvalue weighted by atomic mass is 10.1. The standard InChI is InChI=1S/C28H34N6O3/c1-6-8-25(30-4)34(16-15-27(35)37-7-2)28(36)21-11-14-24-23(17-21)32-26(33(24)5)18-31-22-12-9-20(10-13-22)19(3)29/h6,8-14,17,29,31H,7,15-16,18H2,1-5H3. The Balaban J connectivity index is 1.83. The number of allylic oxidation sites excluding steroid dienone is 1. The molecule has 0 fully saturated rings. The molecular formula is C28H34N6O3. The predicted octanol–water partition coefficient (Wildman–Crippen LogP) is 4.57. The molecule has 3 aromatic rings. The maximum atomic E-state index is 13.5. The third-order valence-electron chi connectivity index (χ3n) is 5.90. The van der Waals surface area contributed by atoms with Crippen LogP contribution in [0.2, 0.25) is 0 Å². The number of amides is 1. The van der Waals surface area contributed by atoms with Crippen molar-refractivity contribution in [3.8, 4) is 0 Å². The second-order valence-corrected chi connectivity index (χ2v) is 8.44. The van der Waals surface area contributed by atoms with Gasteiger partial charge in [-0.1, -0.05) is 18.2 Å². The van der Waals surface area contributed by atoms with Crippen LogP contribution in [0.15, 0.2) is 59.6 Å². The molecule has 3 rings (SSSR count). The molecule has 1 amide bonds. The van der Waals surface area contributed by atoms with Gasteiger partial charge in [-0.15, -0.1) is 0 Å². The normalized spacial score (nSPS) is 11.6. The highest BCUT2D eigenvalue weighted by molar-refractivity contribution is 6.11. The van der Waals surface area contributed by atoms with E-state index in [1.165, 1.54) is 4.90 Å². The van der Waals surface area contributed by atoms with Crippen LogP contribution >= 0.6 is 0 Å². The second-order valence-electron chi connectivity index (χ2n) is 8.44. The molecule has 2 N–H and O–H groups in total. The Kier molecular flexibility index (Phi) is 9.32. The number of carbonyl (C=O) groups is 2. The van der Waals surface area contributed by atoms with Crippen LogP contribution in [0.3, 0.4) is 0 Å². The number of benzene rings is 2. The number of anilines is 1. The van der Waals surface area contributed by atoms with Gasteiger partial charge in [0, 0.05) is 37.6 Å². The van der Waals surface area contributed by atoms with Gasteiger partial charge in [0.05, 0.1) is 30.6 Å². The number of esters is 1. The minimum atomic E-state index is -0.365. The number of ether oxygens (including phenoxy) is 1. The molecule has 9 heteroatoms. The summed E-state index contributed by atoms with van der Waals surface area (Å²) in [6.45, 7) is 6.30. The Morgan fingerprint density at radius 2 is 1.89 bits per heavy atom. The van der Waals surface area contributed by atoms with Crippen molar-refractivity contribution in [1.29, 1.82) is 5.41 Å². The summed E-state index contributed by atoms with van der Waals surface area (Å²) in [6, 6.07) is 13.1. The van der Waals surface area contributed by atoms with Crippen molar-refractivity contribution in [3.63, 3.8) is 0 Å². The summed E-state index contributed by atoms with van der Waals surface area (Å²) in [5, 5.41) is 11.1. The highest BCUT2D eigenvalue weighted by atomic mass is 16.5. The first-order valence-corrected chi connectivity index (χ1v) is 12.2. The van der Waals surface area contributed by atoms with Crippen LogP contribution in [0.4, 0.5) is 5.69 Å². The molecule has 2 aromatic carbocycles. The number of nitrogens with zero attached hydrogens (tertiary/aromatic N) is 4. The van der Waals surface area contributed by atoms with Crippen LogP contribution in [-0.4, -0.2) is 58.1 Å². The second kappa shape index (κ2) is 12.6. The van der Waals surface area contributed by atoms with E-state index in [9.17, 15) is 9.59 Å². The molecule has 0 aliphatic carbocycles. The first-order chi connectivity index (χ1) is 17.8. The summed E-state index contributed by atoms with van der Waals surface area (Å²) >= 11 is 0. The third kappa shape index (κ3) is 6.69. The fraction of sp³-hybridized carbons (Fsp3) is 0.321. The maximum Gasteiger partial charge on any atom is 0.307 e. The van der Waals surface area contributed by atoms with E-state index in [1.807, 2.05) is 48.9 Å². The molecule has 0 aliphatic heterocycles. The smallest absolute Gasteiger partial charge is 0.307 e. The SMILES string of the molecule is CC=CC(=NC)N(CCC(=O)OCC)C(=O)c1ccc2c(c1)nc(CNc1ccc(C(C)=N)cc1)n2C. The molecule has 1 heterocycles. The van der Waals surface area contributed by atoms with Crippen LogP contribution in [0.5, 0.6) is 0 Å². The zero-order chi connectivity index (χ0) is 26.9. The average molecular weight is 503 g/mol. The van der Waals surface area contributed by atoms with Gasteiger partial charge in [0.2, 0.25) is 0 Å². The van der Waals surface area contributed by atoms with Crippen LogP contribution in [0, 0.1) is 5.41 Å². The number of aryl methyl sites for hydroxylation is 1. The lowest BCUT2D eigenvalue weighted by Gasteiger charge is -2.22. The summed E-state index contributed by atoms with van der Waals surface area (Å²) in [5.41, 5.74) is 4.39. The van der Waals surface area contributed by atoms with Gasteiger partial charge in [0.1, 0.15) is 11.7 Å². The molecule has 1 aromatic heterocycles. The first-order valence-electron chi connectivity index (χ1n) is 12.2. The van der Waals surface area contributed by atoms with Gasteiger partial charge < -0.3 is 20.0 Å². The van der Waals surface area contributed by atoms with Gasteiger partial charge in [0.25, 0.3) is 5.91 Å². The number of fused-ring (bicyclic) bond motifs is 1. The highest BCUT2D eigenvalue weighted by Gasteiger charge is 2.22. The van der Waals surface area contributed by atoms with Crippen LogP contribution in [-0.2, 0) is 23.1 Å². The van der Waals surface area contributed by atoms with Crippen LogP contribution in [0.1, 0.15) is 48.9 Å². The number of rotatable bonds is 10. The molecule has 0 atom stereocenters. The molecule has 0 aliphatic rings. The van der Waals surface area contributed by atoms with Crippen molar-refractivity contribution >= 4 is 40.1 Å².